The van der Waals surface area contributed by atoms with Crippen molar-refractivity contribution in [3.05, 3.63) is 16.1 Å². The van der Waals surface area contributed by atoms with Crippen molar-refractivity contribution in [2.75, 3.05) is 0 Å². The molecule has 1 aliphatic carbocycles. The molecule has 1 heterocycles. The monoisotopic (exact) mass is 228 g/mol. The number of rotatable bonds is 2. The molecule has 0 spiro atoms. The minimum absolute atomic E-state index is 0.531. The van der Waals surface area contributed by atoms with Crippen LogP contribution in [-0.4, -0.2) is 9.97 Å². The number of imidazole rings is 1. The predicted octanol–water partition coefficient (Wildman–Crippen LogP) is 3.17. The zero-order valence-corrected chi connectivity index (χ0v) is 8.98. The van der Waals surface area contributed by atoms with E-state index in [4.69, 9.17) is 0 Å². The molecule has 2 nitrogen and oxygen atoms in total. The highest BCUT2D eigenvalue weighted by molar-refractivity contribution is 9.10. The molecule has 0 amide bonds. The van der Waals surface area contributed by atoms with Crippen LogP contribution >= 0.6 is 15.9 Å². The Morgan fingerprint density at radius 3 is 2.67 bits per heavy atom. The molecule has 3 heteroatoms. The maximum Gasteiger partial charge on any atom is 0.174 e. The summed E-state index contributed by atoms with van der Waals surface area (Å²) in [4.78, 5) is 7.73. The van der Waals surface area contributed by atoms with Gasteiger partial charge in [-0.1, -0.05) is 13.8 Å². The molecular formula is C9H13BrN2. The van der Waals surface area contributed by atoms with Crippen LogP contribution in [0.15, 0.2) is 4.73 Å². The van der Waals surface area contributed by atoms with Gasteiger partial charge in [0.1, 0.15) is 0 Å². The Morgan fingerprint density at radius 2 is 2.17 bits per heavy atom. The lowest BCUT2D eigenvalue weighted by molar-refractivity contribution is 0.807. The smallest absolute Gasteiger partial charge is 0.174 e. The fraction of sp³-hybridized carbons (Fsp3) is 0.667. The van der Waals surface area contributed by atoms with Crippen LogP contribution in [0.25, 0.3) is 0 Å². The number of hydrogen-bond donors (Lipinski definition) is 1. The first-order valence-electron chi connectivity index (χ1n) is 4.43. The van der Waals surface area contributed by atoms with Gasteiger partial charge in [-0.25, -0.2) is 4.98 Å². The molecule has 0 bridgehead atoms. The maximum absolute atomic E-state index is 4.43. The molecule has 1 saturated carbocycles. The molecule has 0 atom stereocenters. The average molecular weight is 229 g/mol. The Labute approximate surface area is 80.9 Å². The number of halogens is 1. The summed E-state index contributed by atoms with van der Waals surface area (Å²) in [6.07, 6.45) is 2.66. The molecule has 0 aromatic carbocycles. The first kappa shape index (κ1) is 8.30. The molecule has 0 aliphatic heterocycles. The molecule has 1 N–H and O–H groups in total. The van der Waals surface area contributed by atoms with Crippen LogP contribution in [0.1, 0.15) is 49.9 Å². The topological polar surface area (TPSA) is 28.7 Å². The van der Waals surface area contributed by atoms with Crippen molar-refractivity contribution in [2.45, 2.75) is 38.5 Å². The highest BCUT2D eigenvalue weighted by atomic mass is 79.9. The van der Waals surface area contributed by atoms with Crippen molar-refractivity contribution < 1.29 is 0 Å². The molecular weight excluding hydrogens is 216 g/mol. The van der Waals surface area contributed by atoms with Crippen molar-refractivity contribution in [3.8, 4) is 0 Å². The molecule has 1 aromatic heterocycles. The van der Waals surface area contributed by atoms with Gasteiger partial charge < -0.3 is 4.98 Å². The lowest BCUT2D eigenvalue weighted by Gasteiger charge is -2.02. The number of hydrogen-bond acceptors (Lipinski definition) is 1. The van der Waals surface area contributed by atoms with Gasteiger partial charge in [-0.2, -0.15) is 0 Å². The number of H-pyrrole nitrogens is 1. The maximum atomic E-state index is 4.43. The first-order valence-corrected chi connectivity index (χ1v) is 5.23. The third-order valence-corrected chi connectivity index (χ3v) is 2.64. The van der Waals surface area contributed by atoms with Gasteiger partial charge in [0.25, 0.3) is 0 Å². The largest absolute Gasteiger partial charge is 0.336 e. The van der Waals surface area contributed by atoms with Crippen molar-refractivity contribution >= 4 is 15.9 Å². The average Bonchev–Trinajstić information content (AvgIpc) is 2.75. The molecule has 12 heavy (non-hydrogen) atoms. The first-order chi connectivity index (χ1) is 5.68. The van der Waals surface area contributed by atoms with E-state index in [9.17, 15) is 0 Å². The van der Waals surface area contributed by atoms with Crippen LogP contribution in [0, 0.1) is 0 Å². The summed E-state index contributed by atoms with van der Waals surface area (Å²) in [7, 11) is 0. The number of nitrogens with zero attached hydrogens (tertiary/aromatic N) is 1. The second-order valence-corrected chi connectivity index (χ2v) is 4.51. The van der Waals surface area contributed by atoms with Crippen LogP contribution in [0.3, 0.4) is 0 Å². The predicted molar refractivity (Wildman–Crippen MR) is 52.4 cm³/mol. The third kappa shape index (κ3) is 1.42. The highest BCUT2D eigenvalue weighted by Gasteiger charge is 2.29. The Hall–Kier alpha value is -0.310. The summed E-state index contributed by atoms with van der Waals surface area (Å²) >= 11 is 3.38. The van der Waals surface area contributed by atoms with Gasteiger partial charge in [0.2, 0.25) is 0 Å². The van der Waals surface area contributed by atoms with Crippen LogP contribution in [-0.2, 0) is 0 Å². The van der Waals surface area contributed by atoms with Crippen LogP contribution in [0.5, 0.6) is 0 Å². The summed E-state index contributed by atoms with van der Waals surface area (Å²) in [5.74, 6) is 1.30. The Morgan fingerprint density at radius 1 is 1.50 bits per heavy atom. The lowest BCUT2D eigenvalue weighted by atomic mass is 10.1. The summed E-state index contributed by atoms with van der Waals surface area (Å²) in [5, 5.41) is 0. The normalized spacial score (nSPS) is 17.3. The van der Waals surface area contributed by atoms with Gasteiger partial charge >= 0.3 is 0 Å². The zero-order chi connectivity index (χ0) is 8.72. The Balaban J connectivity index is 2.36. The summed E-state index contributed by atoms with van der Waals surface area (Å²) in [6.45, 7) is 4.38. The molecule has 1 aliphatic rings. The lowest BCUT2D eigenvalue weighted by Crippen LogP contribution is -1.93. The fourth-order valence-corrected chi connectivity index (χ4v) is 1.90. The third-order valence-electron chi connectivity index (χ3n) is 2.26. The van der Waals surface area contributed by atoms with E-state index >= 15 is 0 Å². The van der Waals surface area contributed by atoms with Crippen molar-refractivity contribution in [1.82, 2.24) is 9.97 Å². The second-order valence-electron chi connectivity index (χ2n) is 3.76. The van der Waals surface area contributed by atoms with E-state index in [1.807, 2.05) is 0 Å². The minimum Gasteiger partial charge on any atom is -0.336 e. The summed E-state index contributed by atoms with van der Waals surface area (Å²) in [6, 6.07) is 0. The van der Waals surface area contributed by atoms with Crippen molar-refractivity contribution in [1.29, 1.82) is 0 Å². The Bertz CT molecular complexity index is 267. The van der Waals surface area contributed by atoms with Gasteiger partial charge in [-0.15, -0.1) is 0 Å². The summed E-state index contributed by atoms with van der Waals surface area (Å²) in [5.41, 5.74) is 2.60. The second kappa shape index (κ2) is 2.87. The van der Waals surface area contributed by atoms with E-state index in [-0.39, 0.29) is 0 Å². The fourth-order valence-electron chi connectivity index (χ4n) is 1.49. The number of aromatic nitrogens is 2. The minimum atomic E-state index is 0.531. The SMILES string of the molecule is CC(C)c1nc(Br)[nH]c1C1CC1. The highest BCUT2D eigenvalue weighted by Crippen LogP contribution is 2.42. The van der Waals surface area contributed by atoms with Crippen LogP contribution in [0.2, 0.25) is 0 Å². The van der Waals surface area contributed by atoms with Gasteiger partial charge in [0, 0.05) is 11.6 Å². The molecule has 0 radical (unpaired) electrons. The van der Waals surface area contributed by atoms with Gasteiger partial charge in [-0.05, 0) is 34.7 Å². The van der Waals surface area contributed by atoms with Crippen molar-refractivity contribution in [3.63, 3.8) is 0 Å². The van der Waals surface area contributed by atoms with Crippen LogP contribution < -0.4 is 0 Å². The molecule has 66 valence electrons. The Kier molecular flexibility index (Phi) is 1.99. The van der Waals surface area contributed by atoms with E-state index < -0.39 is 0 Å². The quantitative estimate of drug-likeness (QED) is 0.828. The van der Waals surface area contributed by atoms with Crippen molar-refractivity contribution in [2.24, 2.45) is 0 Å². The molecule has 1 aromatic rings. The van der Waals surface area contributed by atoms with Gasteiger partial charge in [0.15, 0.2) is 4.73 Å². The van der Waals surface area contributed by atoms with E-state index in [0.717, 1.165) is 10.7 Å². The number of nitrogens with one attached hydrogen (secondary N) is 1. The molecule has 0 saturated heterocycles. The molecule has 2 rings (SSSR count). The van der Waals surface area contributed by atoms with Gasteiger partial charge in [0.05, 0.1) is 5.69 Å². The van der Waals surface area contributed by atoms with E-state index in [1.54, 1.807) is 0 Å². The molecule has 1 fully saturated rings. The summed E-state index contributed by atoms with van der Waals surface area (Å²) < 4.78 is 0.883. The zero-order valence-electron chi connectivity index (χ0n) is 7.39. The standard InChI is InChI=1S/C9H13BrN2/c1-5(2)7-8(6-3-4-6)12-9(10)11-7/h5-6H,3-4H2,1-2H3,(H,11,12). The van der Waals surface area contributed by atoms with E-state index in [2.05, 4.69) is 39.7 Å². The number of aromatic amines is 1. The van der Waals surface area contributed by atoms with E-state index in [1.165, 1.54) is 24.2 Å². The van der Waals surface area contributed by atoms with Crippen LogP contribution in [0.4, 0.5) is 0 Å². The molecule has 0 unspecified atom stereocenters. The van der Waals surface area contributed by atoms with E-state index in [0.29, 0.717) is 5.92 Å². The van der Waals surface area contributed by atoms with Gasteiger partial charge in [-0.3, -0.25) is 0 Å².